The van der Waals surface area contributed by atoms with Crippen molar-refractivity contribution in [3.63, 3.8) is 0 Å². The van der Waals surface area contributed by atoms with E-state index >= 15 is 0 Å². The maximum atomic E-state index is 5.79. The van der Waals surface area contributed by atoms with E-state index in [9.17, 15) is 0 Å². The summed E-state index contributed by atoms with van der Waals surface area (Å²) in [5.41, 5.74) is 1.08. The number of halogens is 2. The molecule has 3 nitrogen and oxygen atoms in total. The average Bonchev–Trinajstić information content (AvgIpc) is 2.39. The van der Waals surface area contributed by atoms with Gasteiger partial charge in [-0.05, 0) is 6.07 Å². The van der Waals surface area contributed by atoms with Gasteiger partial charge >= 0.3 is 0 Å². The van der Waals surface area contributed by atoms with Crippen LogP contribution in [0.2, 0.25) is 0 Å². The van der Waals surface area contributed by atoms with Gasteiger partial charge in [-0.3, -0.25) is 4.90 Å². The van der Waals surface area contributed by atoms with E-state index in [4.69, 9.17) is 32.7 Å². The Kier molecular flexibility index (Phi) is 7.25. The van der Waals surface area contributed by atoms with Gasteiger partial charge in [-0.15, -0.1) is 23.2 Å². The Balaban J connectivity index is 2.87. The van der Waals surface area contributed by atoms with Crippen molar-refractivity contribution in [3.05, 3.63) is 23.8 Å². The summed E-state index contributed by atoms with van der Waals surface area (Å²) >= 11 is 11.6. The summed E-state index contributed by atoms with van der Waals surface area (Å²) in [5, 5.41) is 0. The third-order valence-corrected chi connectivity index (χ3v) is 3.02. The van der Waals surface area contributed by atoms with Crippen molar-refractivity contribution in [2.75, 3.05) is 39.1 Å². The van der Waals surface area contributed by atoms with Gasteiger partial charge in [0, 0.05) is 37.0 Å². The highest BCUT2D eigenvalue weighted by Gasteiger charge is 2.12. The lowest BCUT2D eigenvalue weighted by Crippen LogP contribution is -2.27. The lowest BCUT2D eigenvalue weighted by Gasteiger charge is -2.22. The average molecular weight is 292 g/mol. The van der Waals surface area contributed by atoms with Gasteiger partial charge in [-0.1, -0.05) is 12.1 Å². The largest absolute Gasteiger partial charge is 0.493 e. The highest BCUT2D eigenvalue weighted by molar-refractivity contribution is 6.18. The number of alkyl halides is 2. The molecule has 0 N–H and O–H groups in total. The van der Waals surface area contributed by atoms with E-state index in [1.807, 2.05) is 18.2 Å². The van der Waals surface area contributed by atoms with Crippen LogP contribution in [0.25, 0.3) is 0 Å². The van der Waals surface area contributed by atoms with Crippen LogP contribution >= 0.6 is 23.2 Å². The predicted octanol–water partition coefficient (Wildman–Crippen LogP) is 2.98. The molecule has 0 saturated heterocycles. The van der Waals surface area contributed by atoms with Gasteiger partial charge in [0.25, 0.3) is 0 Å². The van der Waals surface area contributed by atoms with Gasteiger partial charge in [0.05, 0.1) is 14.2 Å². The van der Waals surface area contributed by atoms with Gasteiger partial charge in [-0.25, -0.2) is 0 Å². The number of hydrogen-bond donors (Lipinski definition) is 0. The first kappa shape index (κ1) is 15.4. The van der Waals surface area contributed by atoms with Crippen molar-refractivity contribution in [2.45, 2.75) is 6.54 Å². The molecule has 0 spiro atoms. The molecule has 0 aromatic heterocycles. The molecule has 0 aliphatic heterocycles. The molecule has 0 bridgehead atoms. The third-order valence-electron chi connectivity index (χ3n) is 2.68. The first-order valence-corrected chi connectivity index (χ1v) is 6.87. The van der Waals surface area contributed by atoms with E-state index in [0.717, 1.165) is 36.7 Å². The second kappa shape index (κ2) is 8.46. The maximum Gasteiger partial charge on any atom is 0.165 e. The zero-order chi connectivity index (χ0) is 13.4. The topological polar surface area (TPSA) is 21.7 Å². The summed E-state index contributed by atoms with van der Waals surface area (Å²) in [6.45, 7) is 2.35. The molecule has 5 heteroatoms. The summed E-state index contributed by atoms with van der Waals surface area (Å²) in [6, 6.07) is 5.86. The number of nitrogens with zero attached hydrogens (tertiary/aromatic N) is 1. The molecule has 0 saturated carbocycles. The number of hydrogen-bond acceptors (Lipinski definition) is 3. The number of ether oxygens (including phenoxy) is 2. The minimum Gasteiger partial charge on any atom is -0.493 e. The summed E-state index contributed by atoms with van der Waals surface area (Å²) in [4.78, 5) is 2.19. The molecule has 0 heterocycles. The van der Waals surface area contributed by atoms with Gasteiger partial charge in [0.1, 0.15) is 0 Å². The number of methoxy groups -OCH3 is 2. The molecule has 0 amide bonds. The van der Waals surface area contributed by atoms with Crippen molar-refractivity contribution < 1.29 is 9.47 Å². The first-order chi connectivity index (χ1) is 8.76. The van der Waals surface area contributed by atoms with E-state index in [1.165, 1.54) is 0 Å². The van der Waals surface area contributed by atoms with Crippen LogP contribution in [-0.2, 0) is 6.54 Å². The maximum absolute atomic E-state index is 5.79. The Labute approximate surface area is 119 Å². The summed E-state index contributed by atoms with van der Waals surface area (Å²) in [7, 11) is 3.28. The molecular weight excluding hydrogens is 273 g/mol. The molecule has 0 fully saturated rings. The van der Waals surface area contributed by atoms with Crippen molar-refractivity contribution in [3.8, 4) is 11.5 Å². The monoisotopic (exact) mass is 291 g/mol. The second-order valence-corrected chi connectivity index (χ2v) is 4.56. The number of benzene rings is 1. The van der Waals surface area contributed by atoms with E-state index in [1.54, 1.807) is 14.2 Å². The quantitative estimate of drug-likeness (QED) is 0.688. The smallest absolute Gasteiger partial charge is 0.165 e. The summed E-state index contributed by atoms with van der Waals surface area (Å²) < 4.78 is 10.7. The van der Waals surface area contributed by atoms with Crippen molar-refractivity contribution in [1.82, 2.24) is 4.90 Å². The van der Waals surface area contributed by atoms with Crippen molar-refractivity contribution >= 4 is 23.2 Å². The SMILES string of the molecule is COc1cccc(CN(CCCl)CCCl)c1OC. The molecule has 0 aliphatic rings. The van der Waals surface area contributed by atoms with Crippen LogP contribution in [0.15, 0.2) is 18.2 Å². The van der Waals surface area contributed by atoms with E-state index in [2.05, 4.69) is 4.90 Å². The van der Waals surface area contributed by atoms with E-state index in [0.29, 0.717) is 11.8 Å². The summed E-state index contributed by atoms with van der Waals surface area (Å²) in [5.74, 6) is 2.69. The number of rotatable bonds is 8. The zero-order valence-corrected chi connectivity index (χ0v) is 12.3. The molecule has 1 rings (SSSR count). The summed E-state index contributed by atoms with van der Waals surface area (Å²) in [6.07, 6.45) is 0. The number of para-hydroxylation sites is 1. The fourth-order valence-electron chi connectivity index (χ4n) is 1.83. The van der Waals surface area contributed by atoms with Crippen molar-refractivity contribution in [2.24, 2.45) is 0 Å². The Bertz CT molecular complexity index is 355. The molecule has 102 valence electrons. The van der Waals surface area contributed by atoms with Gasteiger partial charge < -0.3 is 9.47 Å². The Morgan fingerprint density at radius 3 is 2.22 bits per heavy atom. The van der Waals surface area contributed by atoms with Crippen LogP contribution in [-0.4, -0.2) is 44.0 Å². The molecule has 1 aromatic carbocycles. The van der Waals surface area contributed by atoms with E-state index < -0.39 is 0 Å². The van der Waals surface area contributed by atoms with Gasteiger partial charge in [0.15, 0.2) is 11.5 Å². The minimum absolute atomic E-state index is 0.586. The van der Waals surface area contributed by atoms with Crippen LogP contribution in [0.4, 0.5) is 0 Å². The molecule has 0 aliphatic carbocycles. The van der Waals surface area contributed by atoms with Crippen LogP contribution in [0.1, 0.15) is 5.56 Å². The van der Waals surface area contributed by atoms with E-state index in [-0.39, 0.29) is 0 Å². The fourth-order valence-corrected chi connectivity index (χ4v) is 2.31. The first-order valence-electron chi connectivity index (χ1n) is 5.81. The third kappa shape index (κ3) is 4.23. The zero-order valence-electron chi connectivity index (χ0n) is 10.8. The predicted molar refractivity (Wildman–Crippen MR) is 76.3 cm³/mol. The Hall–Kier alpha value is -0.640. The van der Waals surface area contributed by atoms with Crippen LogP contribution in [0.3, 0.4) is 0 Å². The highest BCUT2D eigenvalue weighted by Crippen LogP contribution is 2.31. The molecule has 18 heavy (non-hydrogen) atoms. The lowest BCUT2D eigenvalue weighted by atomic mass is 10.1. The van der Waals surface area contributed by atoms with Crippen LogP contribution in [0.5, 0.6) is 11.5 Å². The fraction of sp³-hybridized carbons (Fsp3) is 0.538. The highest BCUT2D eigenvalue weighted by atomic mass is 35.5. The standard InChI is InChI=1S/C13H19Cl2NO2/c1-17-12-5-3-4-11(13(12)18-2)10-16(8-6-14)9-7-15/h3-5H,6-10H2,1-2H3. The molecule has 0 unspecified atom stereocenters. The Morgan fingerprint density at radius 1 is 1.06 bits per heavy atom. The van der Waals surface area contributed by atoms with Gasteiger partial charge in [-0.2, -0.15) is 0 Å². The lowest BCUT2D eigenvalue weighted by molar-refractivity contribution is 0.288. The van der Waals surface area contributed by atoms with Crippen LogP contribution < -0.4 is 9.47 Å². The molecular formula is C13H19Cl2NO2. The molecule has 0 radical (unpaired) electrons. The Morgan fingerprint density at radius 2 is 1.72 bits per heavy atom. The van der Waals surface area contributed by atoms with Crippen LogP contribution in [0, 0.1) is 0 Å². The minimum atomic E-state index is 0.586. The van der Waals surface area contributed by atoms with Crippen molar-refractivity contribution in [1.29, 1.82) is 0 Å². The normalized spacial score (nSPS) is 10.7. The molecule has 1 aromatic rings. The molecule has 0 atom stereocenters. The second-order valence-electron chi connectivity index (χ2n) is 3.81. The van der Waals surface area contributed by atoms with Gasteiger partial charge in [0.2, 0.25) is 0 Å².